The van der Waals surface area contributed by atoms with Gasteiger partial charge in [-0.3, -0.25) is 4.79 Å². The number of benzene rings is 1. The average molecular weight is 244 g/mol. The maximum Gasteiger partial charge on any atom is 0.227 e. The molecule has 0 fully saturated rings. The zero-order valence-electron chi connectivity index (χ0n) is 11.3. The Hall–Kier alpha value is -1.82. The third kappa shape index (κ3) is 4.21. The number of amides is 1. The van der Waals surface area contributed by atoms with Gasteiger partial charge in [0.2, 0.25) is 5.91 Å². The number of carbonyl (C=O) groups is 1. The Balaban J connectivity index is 2.66. The van der Waals surface area contributed by atoms with Crippen LogP contribution in [0.3, 0.4) is 0 Å². The number of rotatable bonds is 5. The lowest BCUT2D eigenvalue weighted by molar-refractivity contribution is -0.130. The summed E-state index contributed by atoms with van der Waals surface area (Å²) in [6, 6.07) is 10.1. The van der Waals surface area contributed by atoms with E-state index in [2.05, 4.69) is 6.07 Å². The van der Waals surface area contributed by atoms with Crippen LogP contribution in [0.1, 0.15) is 25.0 Å². The fourth-order valence-corrected chi connectivity index (χ4v) is 1.89. The topological polar surface area (TPSA) is 44.1 Å². The molecule has 0 aromatic heterocycles. The Morgan fingerprint density at radius 1 is 1.50 bits per heavy atom. The molecule has 1 rings (SSSR count). The first-order chi connectivity index (χ1) is 8.56. The number of nitrogens with zero attached hydrogens (tertiary/aromatic N) is 2. The van der Waals surface area contributed by atoms with E-state index >= 15 is 0 Å². The van der Waals surface area contributed by atoms with Crippen molar-refractivity contribution in [3.05, 3.63) is 35.4 Å². The second kappa shape index (κ2) is 6.80. The lowest BCUT2D eigenvalue weighted by Crippen LogP contribution is -2.35. The third-order valence-electron chi connectivity index (χ3n) is 2.89. The summed E-state index contributed by atoms with van der Waals surface area (Å²) in [6.07, 6.45) is 0.410. The molecule has 96 valence electrons. The van der Waals surface area contributed by atoms with Gasteiger partial charge in [0.1, 0.15) is 0 Å². The molecule has 0 aliphatic rings. The van der Waals surface area contributed by atoms with Crippen molar-refractivity contribution in [3.63, 3.8) is 0 Å². The van der Waals surface area contributed by atoms with Crippen LogP contribution in [0.4, 0.5) is 0 Å². The Bertz CT molecular complexity index is 448. The van der Waals surface area contributed by atoms with Gasteiger partial charge in [0.25, 0.3) is 0 Å². The van der Waals surface area contributed by atoms with E-state index in [1.807, 2.05) is 45.0 Å². The highest BCUT2D eigenvalue weighted by atomic mass is 16.2. The van der Waals surface area contributed by atoms with E-state index < -0.39 is 0 Å². The van der Waals surface area contributed by atoms with Crippen molar-refractivity contribution in [3.8, 4) is 6.07 Å². The molecule has 1 atom stereocenters. The van der Waals surface area contributed by atoms with Gasteiger partial charge in [-0.05, 0) is 26.3 Å². The zero-order valence-corrected chi connectivity index (χ0v) is 11.3. The van der Waals surface area contributed by atoms with Crippen LogP contribution in [0.5, 0.6) is 0 Å². The highest BCUT2D eigenvalue weighted by Crippen LogP contribution is 2.08. The predicted molar refractivity (Wildman–Crippen MR) is 71.9 cm³/mol. The number of hydrogen-bond acceptors (Lipinski definition) is 2. The highest BCUT2D eigenvalue weighted by molar-refractivity contribution is 5.78. The summed E-state index contributed by atoms with van der Waals surface area (Å²) in [7, 11) is 0. The normalized spacial score (nSPS) is 11.7. The van der Waals surface area contributed by atoms with Crippen molar-refractivity contribution in [2.24, 2.45) is 5.92 Å². The SMILES string of the molecule is CCN(CC(C)C#N)C(=O)Cc1cccc(C)c1. The fraction of sp³-hybridized carbons (Fsp3) is 0.467. The molecule has 0 aliphatic heterocycles. The van der Waals surface area contributed by atoms with E-state index in [0.29, 0.717) is 19.5 Å². The Labute approximate surface area is 109 Å². The number of carbonyl (C=O) groups excluding carboxylic acids is 1. The monoisotopic (exact) mass is 244 g/mol. The minimum atomic E-state index is -0.119. The first kappa shape index (κ1) is 14.2. The van der Waals surface area contributed by atoms with Crippen LogP contribution >= 0.6 is 0 Å². The second-order valence-corrected chi connectivity index (χ2v) is 4.63. The Morgan fingerprint density at radius 3 is 2.78 bits per heavy atom. The summed E-state index contributed by atoms with van der Waals surface area (Å²) in [5, 5.41) is 8.80. The van der Waals surface area contributed by atoms with Crippen LogP contribution in [-0.2, 0) is 11.2 Å². The van der Waals surface area contributed by atoms with Gasteiger partial charge in [-0.25, -0.2) is 0 Å². The van der Waals surface area contributed by atoms with Gasteiger partial charge < -0.3 is 4.90 Å². The molecule has 0 saturated heterocycles. The minimum Gasteiger partial charge on any atom is -0.341 e. The second-order valence-electron chi connectivity index (χ2n) is 4.63. The molecular weight excluding hydrogens is 224 g/mol. The van der Waals surface area contributed by atoms with Gasteiger partial charge in [-0.2, -0.15) is 5.26 Å². The molecule has 18 heavy (non-hydrogen) atoms. The van der Waals surface area contributed by atoms with Crippen LogP contribution < -0.4 is 0 Å². The van der Waals surface area contributed by atoms with Gasteiger partial charge in [-0.15, -0.1) is 0 Å². The highest BCUT2D eigenvalue weighted by Gasteiger charge is 2.14. The average Bonchev–Trinajstić information content (AvgIpc) is 2.35. The summed E-state index contributed by atoms with van der Waals surface area (Å²) in [6.45, 7) is 6.96. The Morgan fingerprint density at radius 2 is 2.22 bits per heavy atom. The number of aryl methyl sites for hydroxylation is 1. The molecule has 3 heteroatoms. The largest absolute Gasteiger partial charge is 0.341 e. The fourth-order valence-electron chi connectivity index (χ4n) is 1.89. The van der Waals surface area contributed by atoms with E-state index in [4.69, 9.17) is 5.26 Å². The minimum absolute atomic E-state index is 0.0881. The van der Waals surface area contributed by atoms with Gasteiger partial charge in [-0.1, -0.05) is 29.8 Å². The molecule has 0 saturated carbocycles. The van der Waals surface area contributed by atoms with Crippen molar-refractivity contribution >= 4 is 5.91 Å². The summed E-state index contributed by atoms with van der Waals surface area (Å²) >= 11 is 0. The van der Waals surface area contributed by atoms with Gasteiger partial charge in [0.15, 0.2) is 0 Å². The first-order valence-corrected chi connectivity index (χ1v) is 6.29. The third-order valence-corrected chi connectivity index (χ3v) is 2.89. The molecule has 0 heterocycles. The molecule has 0 radical (unpaired) electrons. The first-order valence-electron chi connectivity index (χ1n) is 6.29. The van der Waals surface area contributed by atoms with Crippen LogP contribution in [0, 0.1) is 24.2 Å². The molecule has 0 aliphatic carbocycles. The van der Waals surface area contributed by atoms with Crippen LogP contribution in [0.15, 0.2) is 24.3 Å². The van der Waals surface area contributed by atoms with Crippen LogP contribution in [0.2, 0.25) is 0 Å². The maximum atomic E-state index is 12.1. The molecule has 1 unspecified atom stereocenters. The molecule has 0 bridgehead atoms. The van der Waals surface area contributed by atoms with E-state index in [9.17, 15) is 4.79 Å². The number of hydrogen-bond donors (Lipinski definition) is 0. The van der Waals surface area contributed by atoms with Gasteiger partial charge >= 0.3 is 0 Å². The Kier molecular flexibility index (Phi) is 5.38. The van der Waals surface area contributed by atoms with Gasteiger partial charge in [0.05, 0.1) is 18.4 Å². The molecule has 1 aromatic rings. The smallest absolute Gasteiger partial charge is 0.227 e. The molecule has 0 spiro atoms. The molecule has 1 aromatic carbocycles. The molecule has 3 nitrogen and oxygen atoms in total. The summed E-state index contributed by atoms with van der Waals surface area (Å²) < 4.78 is 0. The lowest BCUT2D eigenvalue weighted by Gasteiger charge is -2.22. The van der Waals surface area contributed by atoms with Crippen molar-refractivity contribution in [2.75, 3.05) is 13.1 Å². The zero-order chi connectivity index (χ0) is 13.5. The maximum absolute atomic E-state index is 12.1. The summed E-state index contributed by atoms with van der Waals surface area (Å²) in [5.74, 6) is -0.0309. The van der Waals surface area contributed by atoms with Gasteiger partial charge in [0, 0.05) is 13.1 Å². The number of nitriles is 1. The quantitative estimate of drug-likeness (QED) is 0.799. The van der Waals surface area contributed by atoms with Crippen molar-refractivity contribution in [2.45, 2.75) is 27.2 Å². The van der Waals surface area contributed by atoms with Crippen molar-refractivity contribution < 1.29 is 4.79 Å². The van der Waals surface area contributed by atoms with E-state index in [-0.39, 0.29) is 11.8 Å². The van der Waals surface area contributed by atoms with Crippen LogP contribution in [0.25, 0.3) is 0 Å². The van der Waals surface area contributed by atoms with Crippen LogP contribution in [-0.4, -0.2) is 23.9 Å². The van der Waals surface area contributed by atoms with Crippen molar-refractivity contribution in [1.82, 2.24) is 4.90 Å². The standard InChI is InChI=1S/C15H20N2O/c1-4-17(11-13(3)10-16)15(18)9-14-7-5-6-12(2)8-14/h5-8,13H,4,9,11H2,1-3H3. The molecule has 0 N–H and O–H groups in total. The van der Waals surface area contributed by atoms with E-state index in [0.717, 1.165) is 11.1 Å². The van der Waals surface area contributed by atoms with E-state index in [1.54, 1.807) is 4.90 Å². The molecule has 1 amide bonds. The lowest BCUT2D eigenvalue weighted by atomic mass is 10.1. The molecular formula is C15H20N2O. The van der Waals surface area contributed by atoms with Crippen molar-refractivity contribution in [1.29, 1.82) is 5.26 Å². The van der Waals surface area contributed by atoms with E-state index in [1.165, 1.54) is 0 Å². The summed E-state index contributed by atoms with van der Waals surface area (Å²) in [5.41, 5.74) is 2.19. The predicted octanol–water partition coefficient (Wildman–Crippen LogP) is 2.55. The summed E-state index contributed by atoms with van der Waals surface area (Å²) in [4.78, 5) is 13.9. The number of likely N-dealkylation sites (N-methyl/N-ethyl adjacent to an activating group) is 1.